The minimum absolute atomic E-state index is 0.0794. The van der Waals surface area contributed by atoms with Gasteiger partial charge in [-0.1, -0.05) is 0 Å². The molecule has 1 aliphatic rings. The topological polar surface area (TPSA) is 67.9 Å². The number of methoxy groups -OCH3 is 1. The predicted octanol–water partition coefficient (Wildman–Crippen LogP) is 1.86. The summed E-state index contributed by atoms with van der Waals surface area (Å²) >= 11 is 0. The predicted molar refractivity (Wildman–Crippen MR) is 73.8 cm³/mol. The molecule has 0 unspecified atom stereocenters. The summed E-state index contributed by atoms with van der Waals surface area (Å²) < 4.78 is 9.82. The third-order valence-electron chi connectivity index (χ3n) is 3.05. The van der Waals surface area contributed by atoms with Crippen LogP contribution in [0.25, 0.3) is 0 Å². The molecule has 0 spiro atoms. The van der Waals surface area contributed by atoms with Gasteiger partial charge in [-0.15, -0.1) is 0 Å². The number of carbonyl (C=O) groups excluding carboxylic acids is 2. The molecule has 20 heavy (non-hydrogen) atoms. The Hall–Kier alpha value is -2.24. The number of imide groups is 1. The molecule has 1 heterocycles. The van der Waals surface area contributed by atoms with Crippen LogP contribution in [-0.2, 0) is 9.53 Å². The van der Waals surface area contributed by atoms with Gasteiger partial charge in [0, 0.05) is 18.2 Å². The molecule has 6 nitrogen and oxygen atoms in total. The van der Waals surface area contributed by atoms with E-state index in [1.165, 1.54) is 0 Å². The molecule has 1 N–H and O–H groups in total. The van der Waals surface area contributed by atoms with Crippen molar-refractivity contribution in [2.75, 3.05) is 25.6 Å². The van der Waals surface area contributed by atoms with Crippen LogP contribution in [0.4, 0.5) is 10.5 Å². The van der Waals surface area contributed by atoms with Crippen molar-refractivity contribution in [3.63, 3.8) is 0 Å². The molecule has 1 fully saturated rings. The molecule has 1 aromatic rings. The van der Waals surface area contributed by atoms with Gasteiger partial charge in [0.1, 0.15) is 12.4 Å². The average molecular weight is 278 g/mol. The van der Waals surface area contributed by atoms with Crippen molar-refractivity contribution < 1.29 is 19.1 Å². The van der Waals surface area contributed by atoms with Crippen molar-refractivity contribution in [3.8, 4) is 5.75 Å². The zero-order valence-corrected chi connectivity index (χ0v) is 11.6. The highest BCUT2D eigenvalue weighted by atomic mass is 16.6. The summed E-state index contributed by atoms with van der Waals surface area (Å²) in [4.78, 5) is 24.3. The van der Waals surface area contributed by atoms with Crippen molar-refractivity contribution in [2.45, 2.75) is 19.4 Å². The third kappa shape index (κ3) is 3.40. The number of hydrogen-bond donors (Lipinski definition) is 1. The lowest BCUT2D eigenvalue weighted by atomic mass is 10.2. The first-order valence-corrected chi connectivity index (χ1v) is 6.48. The monoisotopic (exact) mass is 278 g/mol. The van der Waals surface area contributed by atoms with Crippen LogP contribution >= 0.6 is 0 Å². The second kappa shape index (κ2) is 6.27. The Morgan fingerprint density at radius 3 is 2.70 bits per heavy atom. The van der Waals surface area contributed by atoms with E-state index in [1.54, 1.807) is 7.11 Å². The molecule has 6 heteroatoms. The van der Waals surface area contributed by atoms with Crippen molar-refractivity contribution >= 4 is 17.7 Å². The summed E-state index contributed by atoms with van der Waals surface area (Å²) in [6.45, 7) is 2.52. The molecule has 1 saturated heterocycles. The molecule has 108 valence electrons. The van der Waals surface area contributed by atoms with E-state index in [2.05, 4.69) is 5.32 Å². The van der Waals surface area contributed by atoms with Crippen LogP contribution in [-0.4, -0.2) is 43.2 Å². The van der Waals surface area contributed by atoms with E-state index in [0.717, 1.165) is 16.3 Å². The van der Waals surface area contributed by atoms with E-state index in [0.29, 0.717) is 6.54 Å². The van der Waals surface area contributed by atoms with Crippen LogP contribution < -0.4 is 10.1 Å². The Morgan fingerprint density at radius 2 is 2.15 bits per heavy atom. The fraction of sp³-hybridized carbons (Fsp3) is 0.429. The van der Waals surface area contributed by atoms with Crippen molar-refractivity contribution in [1.82, 2.24) is 4.90 Å². The zero-order valence-electron chi connectivity index (χ0n) is 11.6. The van der Waals surface area contributed by atoms with Gasteiger partial charge < -0.3 is 14.8 Å². The van der Waals surface area contributed by atoms with Gasteiger partial charge in [-0.3, -0.25) is 4.79 Å². The van der Waals surface area contributed by atoms with Crippen molar-refractivity contribution in [2.24, 2.45) is 0 Å². The van der Waals surface area contributed by atoms with E-state index >= 15 is 0 Å². The maximum absolute atomic E-state index is 11.9. The molecule has 0 aromatic heterocycles. The molecule has 2 rings (SSSR count). The van der Waals surface area contributed by atoms with Crippen LogP contribution in [0, 0.1) is 0 Å². The molecular weight excluding hydrogens is 260 g/mol. The highest BCUT2D eigenvalue weighted by molar-refractivity contribution is 5.93. The number of amides is 2. The second-order valence-electron chi connectivity index (χ2n) is 4.64. The maximum atomic E-state index is 11.9. The first-order chi connectivity index (χ1) is 9.60. The third-order valence-corrected chi connectivity index (χ3v) is 3.05. The Morgan fingerprint density at radius 1 is 1.45 bits per heavy atom. The summed E-state index contributed by atoms with van der Waals surface area (Å²) in [5.74, 6) is 0.556. The maximum Gasteiger partial charge on any atom is 0.416 e. The summed E-state index contributed by atoms with van der Waals surface area (Å²) in [7, 11) is 1.61. The number of rotatable bonds is 5. The van der Waals surface area contributed by atoms with E-state index in [4.69, 9.17) is 9.47 Å². The van der Waals surface area contributed by atoms with Crippen molar-refractivity contribution in [1.29, 1.82) is 0 Å². The SMILES string of the molecule is COc1ccc(N[C@@H](C)CC(=O)N2CCOC2=O)cc1. The Kier molecular flexibility index (Phi) is 4.45. The lowest BCUT2D eigenvalue weighted by Gasteiger charge is -2.17. The molecular formula is C14H18N2O4. The molecule has 0 saturated carbocycles. The van der Waals surface area contributed by atoms with Crippen LogP contribution in [0.3, 0.4) is 0 Å². The minimum Gasteiger partial charge on any atom is -0.497 e. The van der Waals surface area contributed by atoms with Gasteiger partial charge in [0.05, 0.1) is 13.7 Å². The molecule has 0 radical (unpaired) electrons. The van der Waals surface area contributed by atoms with Gasteiger partial charge in [-0.05, 0) is 31.2 Å². The van der Waals surface area contributed by atoms with Crippen LogP contribution in [0.5, 0.6) is 5.75 Å². The number of ether oxygens (including phenoxy) is 2. The van der Waals surface area contributed by atoms with E-state index in [9.17, 15) is 9.59 Å². The number of anilines is 1. The van der Waals surface area contributed by atoms with Crippen LogP contribution in [0.1, 0.15) is 13.3 Å². The van der Waals surface area contributed by atoms with E-state index in [-0.39, 0.29) is 25.0 Å². The number of cyclic esters (lactones) is 1. The standard InChI is InChI=1S/C14H18N2O4/c1-10(9-13(17)16-7-8-20-14(16)18)15-11-3-5-12(19-2)6-4-11/h3-6,10,15H,7-9H2,1-2H3/t10-/m0/s1. The Balaban J connectivity index is 1.86. The number of nitrogens with one attached hydrogen (secondary N) is 1. The Bertz CT molecular complexity index is 486. The number of carbonyl (C=O) groups is 2. The highest BCUT2D eigenvalue weighted by Gasteiger charge is 2.28. The second-order valence-corrected chi connectivity index (χ2v) is 4.64. The van der Waals surface area contributed by atoms with Gasteiger partial charge in [0.15, 0.2) is 0 Å². The smallest absolute Gasteiger partial charge is 0.416 e. The average Bonchev–Trinajstić information content (AvgIpc) is 2.86. The van der Waals surface area contributed by atoms with E-state index < -0.39 is 6.09 Å². The van der Waals surface area contributed by atoms with Crippen LogP contribution in [0.2, 0.25) is 0 Å². The number of nitrogens with zero attached hydrogens (tertiary/aromatic N) is 1. The summed E-state index contributed by atoms with van der Waals surface area (Å²) in [6.07, 6.45) is -0.312. The van der Waals surface area contributed by atoms with Crippen LogP contribution in [0.15, 0.2) is 24.3 Å². The fourth-order valence-electron chi connectivity index (χ4n) is 2.01. The van der Waals surface area contributed by atoms with Gasteiger partial charge >= 0.3 is 6.09 Å². The highest BCUT2D eigenvalue weighted by Crippen LogP contribution is 2.17. The first-order valence-electron chi connectivity index (χ1n) is 6.48. The summed E-state index contributed by atoms with van der Waals surface area (Å²) in [5, 5.41) is 3.21. The summed E-state index contributed by atoms with van der Waals surface area (Å²) in [5.41, 5.74) is 0.898. The number of benzene rings is 1. The largest absolute Gasteiger partial charge is 0.497 e. The molecule has 2 amide bonds. The van der Waals surface area contributed by atoms with Crippen molar-refractivity contribution in [3.05, 3.63) is 24.3 Å². The van der Waals surface area contributed by atoms with Gasteiger partial charge in [-0.2, -0.15) is 0 Å². The normalized spacial score (nSPS) is 15.7. The molecule has 1 aliphatic heterocycles. The molecule has 0 aliphatic carbocycles. The summed E-state index contributed by atoms with van der Waals surface area (Å²) in [6, 6.07) is 7.36. The molecule has 1 aromatic carbocycles. The fourth-order valence-corrected chi connectivity index (χ4v) is 2.01. The number of hydrogen-bond acceptors (Lipinski definition) is 5. The van der Waals surface area contributed by atoms with Gasteiger partial charge in [-0.25, -0.2) is 9.69 Å². The zero-order chi connectivity index (χ0) is 14.5. The van der Waals surface area contributed by atoms with Gasteiger partial charge in [0.25, 0.3) is 0 Å². The molecule has 0 bridgehead atoms. The van der Waals surface area contributed by atoms with E-state index in [1.807, 2.05) is 31.2 Å². The van der Waals surface area contributed by atoms with Gasteiger partial charge in [0.2, 0.25) is 5.91 Å². The first kappa shape index (κ1) is 14.2. The lowest BCUT2D eigenvalue weighted by molar-refractivity contribution is -0.127. The lowest BCUT2D eigenvalue weighted by Crippen LogP contribution is -2.35. The minimum atomic E-state index is -0.549. The molecule has 1 atom stereocenters. The quantitative estimate of drug-likeness (QED) is 0.890. The Labute approximate surface area is 117 Å².